The van der Waals surface area contributed by atoms with Crippen molar-refractivity contribution in [1.29, 1.82) is 0 Å². The summed E-state index contributed by atoms with van der Waals surface area (Å²) in [6, 6.07) is 5.85. The lowest BCUT2D eigenvalue weighted by molar-refractivity contribution is 0.0930. The number of hydrogen-bond acceptors (Lipinski definition) is 3. The van der Waals surface area contributed by atoms with Crippen molar-refractivity contribution < 1.29 is 4.79 Å². The lowest BCUT2D eigenvalue weighted by Crippen LogP contribution is -2.31. The van der Waals surface area contributed by atoms with E-state index in [-0.39, 0.29) is 5.78 Å². The van der Waals surface area contributed by atoms with Gasteiger partial charge >= 0.3 is 0 Å². The summed E-state index contributed by atoms with van der Waals surface area (Å²) in [4.78, 5) is 22.8. The standard InChI is InChI=1S/C18H25N3O/c1-3-9-21(10-4-2)12-17(22)14-7-8-15-16(11-14)20-18(19-15)13-5-6-13/h7-8,11,13H,3-6,9-10,12H2,1-2H3,(H,19,20). The van der Waals surface area contributed by atoms with Crippen LogP contribution in [0.1, 0.15) is 61.6 Å². The van der Waals surface area contributed by atoms with E-state index in [0.717, 1.165) is 48.4 Å². The molecule has 22 heavy (non-hydrogen) atoms. The Morgan fingerprint density at radius 3 is 2.64 bits per heavy atom. The molecule has 4 nitrogen and oxygen atoms in total. The molecule has 0 aliphatic heterocycles. The van der Waals surface area contributed by atoms with Crippen LogP contribution in [0.3, 0.4) is 0 Å². The number of aromatic amines is 1. The van der Waals surface area contributed by atoms with Crippen molar-refractivity contribution in [1.82, 2.24) is 14.9 Å². The summed E-state index contributed by atoms with van der Waals surface area (Å²) in [6.45, 7) is 6.79. The molecule has 2 aromatic rings. The molecule has 1 aromatic heterocycles. The minimum absolute atomic E-state index is 0.200. The van der Waals surface area contributed by atoms with E-state index < -0.39 is 0 Å². The van der Waals surface area contributed by atoms with Crippen molar-refractivity contribution in [2.75, 3.05) is 19.6 Å². The highest BCUT2D eigenvalue weighted by atomic mass is 16.1. The summed E-state index contributed by atoms with van der Waals surface area (Å²) in [5, 5.41) is 0. The van der Waals surface area contributed by atoms with Gasteiger partial charge in [-0.25, -0.2) is 4.98 Å². The lowest BCUT2D eigenvalue weighted by Gasteiger charge is -2.19. The highest BCUT2D eigenvalue weighted by Gasteiger charge is 2.26. The van der Waals surface area contributed by atoms with Gasteiger partial charge in [-0.3, -0.25) is 9.69 Å². The van der Waals surface area contributed by atoms with Crippen molar-refractivity contribution in [2.24, 2.45) is 0 Å². The lowest BCUT2D eigenvalue weighted by atomic mass is 10.1. The summed E-state index contributed by atoms with van der Waals surface area (Å²) in [5.41, 5.74) is 2.75. The summed E-state index contributed by atoms with van der Waals surface area (Å²) < 4.78 is 0. The Morgan fingerprint density at radius 1 is 1.27 bits per heavy atom. The molecule has 0 spiro atoms. The van der Waals surface area contributed by atoms with Gasteiger partial charge in [0.2, 0.25) is 0 Å². The number of hydrogen-bond donors (Lipinski definition) is 1. The molecular formula is C18H25N3O. The van der Waals surface area contributed by atoms with Crippen LogP contribution in [-0.4, -0.2) is 40.3 Å². The number of fused-ring (bicyclic) bond motifs is 1. The molecule has 0 radical (unpaired) electrons. The Balaban J connectivity index is 1.75. The van der Waals surface area contributed by atoms with Gasteiger partial charge in [-0.05, 0) is 57.0 Å². The number of nitrogens with one attached hydrogen (secondary N) is 1. The zero-order chi connectivity index (χ0) is 15.5. The zero-order valence-corrected chi connectivity index (χ0v) is 13.6. The van der Waals surface area contributed by atoms with E-state index in [9.17, 15) is 4.79 Å². The first-order valence-corrected chi connectivity index (χ1v) is 8.46. The van der Waals surface area contributed by atoms with Gasteiger partial charge in [0.15, 0.2) is 5.78 Å². The number of carbonyl (C=O) groups excluding carboxylic acids is 1. The van der Waals surface area contributed by atoms with Crippen LogP contribution in [0.4, 0.5) is 0 Å². The molecule has 1 aliphatic rings. The molecule has 3 rings (SSSR count). The molecule has 0 amide bonds. The van der Waals surface area contributed by atoms with Crippen LogP contribution in [0.2, 0.25) is 0 Å². The SMILES string of the molecule is CCCN(CCC)CC(=O)c1ccc2nc(C3CC3)[nH]c2c1. The molecule has 0 unspecified atom stereocenters. The molecular weight excluding hydrogens is 274 g/mol. The summed E-state index contributed by atoms with van der Waals surface area (Å²) in [5.74, 6) is 1.89. The van der Waals surface area contributed by atoms with Gasteiger partial charge in [-0.1, -0.05) is 13.8 Å². The molecule has 1 aromatic carbocycles. The van der Waals surface area contributed by atoms with Crippen LogP contribution in [0.25, 0.3) is 11.0 Å². The number of Topliss-reactive ketones (excluding diaryl/α,β-unsaturated/α-hetero) is 1. The predicted molar refractivity (Wildman–Crippen MR) is 89.4 cm³/mol. The van der Waals surface area contributed by atoms with Gasteiger partial charge < -0.3 is 4.98 Å². The maximum Gasteiger partial charge on any atom is 0.176 e. The molecule has 1 heterocycles. The van der Waals surface area contributed by atoms with Crippen LogP contribution in [-0.2, 0) is 0 Å². The number of aromatic nitrogens is 2. The van der Waals surface area contributed by atoms with Gasteiger partial charge in [-0.2, -0.15) is 0 Å². The fourth-order valence-corrected chi connectivity index (χ4v) is 2.95. The van der Waals surface area contributed by atoms with Crippen molar-refractivity contribution in [3.05, 3.63) is 29.6 Å². The van der Waals surface area contributed by atoms with E-state index in [1.807, 2.05) is 18.2 Å². The molecule has 4 heteroatoms. The molecule has 118 valence electrons. The van der Waals surface area contributed by atoms with E-state index >= 15 is 0 Å². The van der Waals surface area contributed by atoms with Crippen LogP contribution < -0.4 is 0 Å². The minimum Gasteiger partial charge on any atom is -0.342 e. The van der Waals surface area contributed by atoms with E-state index in [1.165, 1.54) is 12.8 Å². The second-order valence-corrected chi connectivity index (χ2v) is 6.33. The molecule has 0 saturated heterocycles. The van der Waals surface area contributed by atoms with Crippen LogP contribution >= 0.6 is 0 Å². The molecule has 1 fully saturated rings. The quantitative estimate of drug-likeness (QED) is 0.755. The smallest absolute Gasteiger partial charge is 0.176 e. The summed E-state index contributed by atoms with van der Waals surface area (Å²) >= 11 is 0. The first-order chi connectivity index (χ1) is 10.7. The van der Waals surface area contributed by atoms with Gasteiger partial charge in [0.1, 0.15) is 5.82 Å². The number of imidazole rings is 1. The van der Waals surface area contributed by atoms with Gasteiger partial charge in [0.05, 0.1) is 17.6 Å². The third-order valence-electron chi connectivity index (χ3n) is 4.23. The van der Waals surface area contributed by atoms with Crippen molar-refractivity contribution >= 4 is 16.8 Å². The Hall–Kier alpha value is -1.68. The molecule has 1 aliphatic carbocycles. The van der Waals surface area contributed by atoms with Crippen LogP contribution in [0.15, 0.2) is 18.2 Å². The van der Waals surface area contributed by atoms with Crippen molar-refractivity contribution in [3.8, 4) is 0 Å². The van der Waals surface area contributed by atoms with E-state index in [4.69, 9.17) is 0 Å². The third kappa shape index (κ3) is 3.38. The van der Waals surface area contributed by atoms with Gasteiger partial charge in [-0.15, -0.1) is 0 Å². The highest BCUT2D eigenvalue weighted by molar-refractivity contribution is 6.00. The molecule has 0 bridgehead atoms. The van der Waals surface area contributed by atoms with Crippen molar-refractivity contribution in [3.63, 3.8) is 0 Å². The average Bonchev–Trinajstić information content (AvgIpc) is 3.26. The fraction of sp³-hybridized carbons (Fsp3) is 0.556. The third-order valence-corrected chi connectivity index (χ3v) is 4.23. The van der Waals surface area contributed by atoms with Gasteiger partial charge in [0, 0.05) is 11.5 Å². The second-order valence-electron chi connectivity index (χ2n) is 6.33. The number of rotatable bonds is 8. The Kier molecular flexibility index (Phi) is 4.57. The highest BCUT2D eigenvalue weighted by Crippen LogP contribution is 2.39. The Morgan fingerprint density at radius 2 is 2.00 bits per heavy atom. The normalized spacial score (nSPS) is 14.9. The molecule has 1 saturated carbocycles. The maximum atomic E-state index is 12.5. The van der Waals surface area contributed by atoms with E-state index in [1.54, 1.807) is 0 Å². The number of nitrogens with zero attached hydrogens (tertiary/aromatic N) is 2. The number of carbonyl (C=O) groups is 1. The Labute approximate surface area is 131 Å². The zero-order valence-electron chi connectivity index (χ0n) is 13.6. The minimum atomic E-state index is 0.200. The second kappa shape index (κ2) is 6.61. The summed E-state index contributed by atoms with van der Waals surface area (Å²) in [7, 11) is 0. The molecule has 0 atom stereocenters. The summed E-state index contributed by atoms with van der Waals surface area (Å²) in [6.07, 6.45) is 4.62. The maximum absolute atomic E-state index is 12.5. The predicted octanol–water partition coefficient (Wildman–Crippen LogP) is 3.75. The molecule has 1 N–H and O–H groups in total. The van der Waals surface area contributed by atoms with Crippen molar-refractivity contribution in [2.45, 2.75) is 45.4 Å². The van der Waals surface area contributed by atoms with E-state index in [0.29, 0.717) is 12.5 Å². The first-order valence-electron chi connectivity index (χ1n) is 8.46. The average molecular weight is 299 g/mol. The topological polar surface area (TPSA) is 49.0 Å². The van der Waals surface area contributed by atoms with Crippen LogP contribution in [0.5, 0.6) is 0 Å². The Bertz CT molecular complexity index is 651. The number of ketones is 1. The van der Waals surface area contributed by atoms with Gasteiger partial charge in [0.25, 0.3) is 0 Å². The van der Waals surface area contributed by atoms with E-state index in [2.05, 4.69) is 28.7 Å². The largest absolute Gasteiger partial charge is 0.342 e. The monoisotopic (exact) mass is 299 g/mol. The number of benzene rings is 1. The first kappa shape index (κ1) is 15.2. The van der Waals surface area contributed by atoms with Crippen LogP contribution in [0, 0.1) is 0 Å². The fourth-order valence-electron chi connectivity index (χ4n) is 2.95. The number of H-pyrrole nitrogens is 1.